The molecule has 84 valence electrons. The summed E-state index contributed by atoms with van der Waals surface area (Å²) in [5.41, 5.74) is 1.66. The number of nitrogens with zero attached hydrogens (tertiary/aromatic N) is 2. The maximum absolute atomic E-state index is 9.12. The van der Waals surface area contributed by atoms with Crippen LogP contribution in [0.5, 0.6) is 5.75 Å². The van der Waals surface area contributed by atoms with Crippen LogP contribution < -0.4 is 9.64 Å². The zero-order valence-corrected chi connectivity index (χ0v) is 9.95. The highest BCUT2D eigenvalue weighted by molar-refractivity contribution is 5.62. The van der Waals surface area contributed by atoms with E-state index in [1.165, 1.54) is 0 Å². The Morgan fingerprint density at radius 1 is 1.44 bits per heavy atom. The number of rotatable bonds is 1. The van der Waals surface area contributed by atoms with Crippen LogP contribution in [0.2, 0.25) is 0 Å². The van der Waals surface area contributed by atoms with Gasteiger partial charge in [-0.3, -0.25) is 0 Å². The number of hydrogen-bond donors (Lipinski definition) is 0. The van der Waals surface area contributed by atoms with Gasteiger partial charge in [-0.05, 0) is 31.5 Å². The number of ether oxygens (including phenoxy) is 1. The summed E-state index contributed by atoms with van der Waals surface area (Å²) >= 11 is 0. The third-order valence-electron chi connectivity index (χ3n) is 3.06. The molecule has 2 rings (SSSR count). The second-order valence-electron chi connectivity index (χ2n) is 4.69. The number of benzene rings is 1. The van der Waals surface area contributed by atoms with Gasteiger partial charge in [-0.2, -0.15) is 5.26 Å². The second-order valence-corrected chi connectivity index (χ2v) is 4.69. The Labute approximate surface area is 96.2 Å². The van der Waals surface area contributed by atoms with Crippen LogP contribution in [0.3, 0.4) is 0 Å². The Bertz CT molecular complexity index is 446. The number of nitriles is 1. The van der Waals surface area contributed by atoms with E-state index in [-0.39, 0.29) is 0 Å². The van der Waals surface area contributed by atoms with Gasteiger partial charge in [0, 0.05) is 7.05 Å². The van der Waals surface area contributed by atoms with E-state index in [4.69, 9.17) is 10.00 Å². The predicted molar refractivity (Wildman–Crippen MR) is 63.8 cm³/mol. The van der Waals surface area contributed by atoms with Gasteiger partial charge in [0.2, 0.25) is 0 Å². The fraction of sp³-hybridized carbons (Fsp3) is 0.462. The molecule has 0 atom stereocenters. The van der Waals surface area contributed by atoms with E-state index in [9.17, 15) is 0 Å². The Morgan fingerprint density at radius 3 is 2.88 bits per heavy atom. The van der Waals surface area contributed by atoms with Crippen molar-refractivity contribution in [2.24, 2.45) is 0 Å². The normalized spacial score (nSPS) is 15.0. The molecule has 0 aromatic heterocycles. The summed E-state index contributed by atoms with van der Waals surface area (Å²) < 4.78 is 5.57. The Hall–Kier alpha value is -1.69. The van der Waals surface area contributed by atoms with Crippen molar-refractivity contribution in [1.82, 2.24) is 0 Å². The summed E-state index contributed by atoms with van der Waals surface area (Å²) in [6, 6.07) is 8.30. The van der Waals surface area contributed by atoms with Crippen LogP contribution in [-0.4, -0.2) is 20.2 Å². The molecule has 1 aromatic rings. The van der Waals surface area contributed by atoms with Crippen molar-refractivity contribution >= 4 is 5.69 Å². The molecule has 1 heterocycles. The lowest BCUT2D eigenvalue weighted by atomic mass is 9.86. The minimum Gasteiger partial charge on any atom is -0.490 e. The van der Waals surface area contributed by atoms with Gasteiger partial charge in [-0.1, -0.05) is 6.07 Å². The minimum atomic E-state index is -0.451. The summed E-state index contributed by atoms with van der Waals surface area (Å²) in [7, 11) is 2.05. The summed E-state index contributed by atoms with van der Waals surface area (Å²) in [6.07, 6.45) is 0. The van der Waals surface area contributed by atoms with Crippen LogP contribution in [0.15, 0.2) is 18.2 Å². The molecule has 1 aromatic carbocycles. The average Bonchev–Trinajstić information content (AvgIpc) is 2.29. The van der Waals surface area contributed by atoms with Crippen LogP contribution in [-0.2, 0) is 5.41 Å². The molecular formula is C13H16N2O. The molecule has 0 aliphatic carbocycles. The lowest BCUT2D eigenvalue weighted by molar-refractivity contribution is 0.311. The van der Waals surface area contributed by atoms with Gasteiger partial charge in [0.15, 0.2) is 0 Å². The molecule has 0 radical (unpaired) electrons. The largest absolute Gasteiger partial charge is 0.490 e. The third-order valence-corrected chi connectivity index (χ3v) is 3.06. The molecule has 3 nitrogen and oxygen atoms in total. The number of anilines is 1. The Kier molecular flexibility index (Phi) is 2.51. The molecule has 16 heavy (non-hydrogen) atoms. The minimum absolute atomic E-state index is 0.451. The lowest BCUT2D eigenvalue weighted by Gasteiger charge is -2.29. The van der Waals surface area contributed by atoms with E-state index in [1.807, 2.05) is 33.0 Å². The van der Waals surface area contributed by atoms with Crippen molar-refractivity contribution in [2.45, 2.75) is 19.3 Å². The van der Waals surface area contributed by atoms with E-state index in [0.717, 1.165) is 30.2 Å². The molecule has 0 N–H and O–H groups in total. The van der Waals surface area contributed by atoms with Crippen LogP contribution in [0.1, 0.15) is 19.4 Å². The first-order chi connectivity index (χ1) is 7.54. The first-order valence-corrected chi connectivity index (χ1v) is 5.44. The monoisotopic (exact) mass is 216 g/mol. The second kappa shape index (κ2) is 3.71. The fourth-order valence-electron chi connectivity index (χ4n) is 1.80. The molecule has 0 unspecified atom stereocenters. The summed E-state index contributed by atoms with van der Waals surface area (Å²) in [4.78, 5) is 2.16. The van der Waals surface area contributed by atoms with Crippen LogP contribution in [0, 0.1) is 11.3 Å². The predicted octanol–water partition coefficient (Wildman–Crippen LogP) is 2.32. The van der Waals surface area contributed by atoms with Gasteiger partial charge in [0.05, 0.1) is 23.7 Å². The zero-order valence-electron chi connectivity index (χ0n) is 9.95. The molecule has 0 saturated carbocycles. The molecule has 0 spiro atoms. The smallest absolute Gasteiger partial charge is 0.142 e. The average molecular weight is 216 g/mol. The van der Waals surface area contributed by atoms with Gasteiger partial charge >= 0.3 is 0 Å². The molecule has 0 saturated heterocycles. The van der Waals surface area contributed by atoms with E-state index < -0.39 is 5.41 Å². The molecule has 1 aliphatic rings. The molecule has 1 aliphatic heterocycles. The molecular weight excluding hydrogens is 200 g/mol. The van der Waals surface area contributed by atoms with Crippen LogP contribution >= 0.6 is 0 Å². The summed E-state index contributed by atoms with van der Waals surface area (Å²) in [5.74, 6) is 0.909. The van der Waals surface area contributed by atoms with E-state index in [1.54, 1.807) is 0 Å². The highest BCUT2D eigenvalue weighted by Gasteiger charge is 2.23. The molecule has 0 amide bonds. The Balaban J connectivity index is 2.46. The van der Waals surface area contributed by atoms with E-state index in [2.05, 4.69) is 17.0 Å². The summed E-state index contributed by atoms with van der Waals surface area (Å²) in [6.45, 7) is 5.48. The molecule has 0 bridgehead atoms. The van der Waals surface area contributed by atoms with Gasteiger partial charge in [0.25, 0.3) is 0 Å². The highest BCUT2D eigenvalue weighted by atomic mass is 16.5. The van der Waals surface area contributed by atoms with Gasteiger partial charge in [0.1, 0.15) is 12.4 Å². The maximum Gasteiger partial charge on any atom is 0.142 e. The van der Waals surface area contributed by atoms with E-state index >= 15 is 0 Å². The van der Waals surface area contributed by atoms with Crippen molar-refractivity contribution < 1.29 is 4.74 Å². The molecule has 3 heteroatoms. The number of likely N-dealkylation sites (N-methyl/N-ethyl adjacent to an activating group) is 1. The zero-order chi connectivity index (χ0) is 11.8. The number of fused-ring (bicyclic) bond motifs is 1. The first-order valence-electron chi connectivity index (χ1n) is 5.44. The van der Waals surface area contributed by atoms with Gasteiger partial charge in [-0.15, -0.1) is 0 Å². The fourth-order valence-corrected chi connectivity index (χ4v) is 1.80. The van der Waals surface area contributed by atoms with Crippen molar-refractivity contribution in [3.63, 3.8) is 0 Å². The lowest BCUT2D eigenvalue weighted by Crippen LogP contribution is -2.29. The van der Waals surface area contributed by atoms with Crippen molar-refractivity contribution in [1.29, 1.82) is 5.26 Å². The number of hydrogen-bond acceptors (Lipinski definition) is 3. The Morgan fingerprint density at radius 2 is 2.19 bits per heavy atom. The van der Waals surface area contributed by atoms with Crippen molar-refractivity contribution in [3.8, 4) is 11.8 Å². The third kappa shape index (κ3) is 1.71. The topological polar surface area (TPSA) is 36.3 Å². The quantitative estimate of drug-likeness (QED) is 0.722. The van der Waals surface area contributed by atoms with Crippen molar-refractivity contribution in [3.05, 3.63) is 23.8 Å². The molecule has 0 fully saturated rings. The first kappa shape index (κ1) is 10.8. The highest BCUT2D eigenvalue weighted by Crippen LogP contribution is 2.35. The standard InChI is InChI=1S/C13H16N2O/c1-13(2,9-14)10-4-5-12-11(8-10)15(3)6-7-16-12/h4-5,8H,6-7H2,1-3H3. The SMILES string of the molecule is CN1CCOc2ccc(C(C)(C)C#N)cc21. The van der Waals surface area contributed by atoms with Crippen LogP contribution in [0.4, 0.5) is 5.69 Å². The van der Waals surface area contributed by atoms with E-state index in [0.29, 0.717) is 0 Å². The van der Waals surface area contributed by atoms with Crippen molar-refractivity contribution in [2.75, 3.05) is 25.1 Å². The van der Waals surface area contributed by atoms with Gasteiger partial charge < -0.3 is 9.64 Å². The maximum atomic E-state index is 9.12. The van der Waals surface area contributed by atoms with Crippen LogP contribution in [0.25, 0.3) is 0 Å². The summed E-state index contributed by atoms with van der Waals surface area (Å²) in [5, 5.41) is 9.12. The van der Waals surface area contributed by atoms with Gasteiger partial charge in [-0.25, -0.2) is 0 Å².